The third kappa shape index (κ3) is 2.85. The van der Waals surface area contributed by atoms with E-state index in [1.807, 2.05) is 6.07 Å². The van der Waals surface area contributed by atoms with Crippen molar-refractivity contribution < 1.29 is 24.1 Å². The van der Waals surface area contributed by atoms with E-state index in [2.05, 4.69) is 0 Å². The highest BCUT2D eigenvalue weighted by Gasteiger charge is 2.48. The minimum absolute atomic E-state index is 0.318. The summed E-state index contributed by atoms with van der Waals surface area (Å²) in [7, 11) is 0. The average molecular weight is 290 g/mol. The fraction of sp³-hybridized carbons (Fsp3) is 0.438. The zero-order valence-corrected chi connectivity index (χ0v) is 11.9. The molecule has 3 rings (SSSR count). The van der Waals surface area contributed by atoms with Gasteiger partial charge in [0.2, 0.25) is 0 Å². The van der Waals surface area contributed by atoms with Crippen LogP contribution in [0.1, 0.15) is 24.2 Å². The zero-order valence-electron chi connectivity index (χ0n) is 11.9. The van der Waals surface area contributed by atoms with E-state index in [0.717, 1.165) is 0 Å². The Bertz CT molecular complexity index is 551. The molecule has 5 nitrogen and oxygen atoms in total. The number of hydrogen-bond donors (Lipinski definition) is 1. The van der Waals surface area contributed by atoms with Gasteiger partial charge in [-0.25, -0.2) is 4.79 Å². The van der Waals surface area contributed by atoms with Gasteiger partial charge in [0.25, 0.3) is 0 Å². The number of aliphatic hydroxyl groups excluding tert-OH is 1. The first-order chi connectivity index (χ1) is 9.96. The molecule has 1 N–H and O–H groups in total. The minimum atomic E-state index is -0.950. The van der Waals surface area contributed by atoms with E-state index in [0.29, 0.717) is 5.56 Å². The summed E-state index contributed by atoms with van der Waals surface area (Å²) in [5, 5.41) is 10.3. The second-order valence-electron chi connectivity index (χ2n) is 5.68. The second kappa shape index (κ2) is 5.26. The molecule has 1 aliphatic carbocycles. The van der Waals surface area contributed by atoms with E-state index in [9.17, 15) is 9.90 Å². The van der Waals surface area contributed by atoms with Crippen molar-refractivity contribution in [3.8, 4) is 0 Å². The van der Waals surface area contributed by atoms with Crippen LogP contribution in [0, 0.1) is 0 Å². The first-order valence-electron chi connectivity index (χ1n) is 6.94. The van der Waals surface area contributed by atoms with Gasteiger partial charge in [0.1, 0.15) is 24.4 Å². The van der Waals surface area contributed by atoms with Crippen LogP contribution >= 0.6 is 0 Å². The third-order valence-corrected chi connectivity index (χ3v) is 3.58. The van der Waals surface area contributed by atoms with Gasteiger partial charge in [0.15, 0.2) is 5.79 Å². The molecule has 0 saturated carbocycles. The molecule has 1 aromatic carbocycles. The summed E-state index contributed by atoms with van der Waals surface area (Å²) < 4.78 is 16.7. The summed E-state index contributed by atoms with van der Waals surface area (Å²) in [6, 6.07) is 8.68. The minimum Gasteiger partial charge on any atom is -0.452 e. The Labute approximate surface area is 123 Å². The predicted octanol–water partition coefficient (Wildman–Crippen LogP) is 1.66. The van der Waals surface area contributed by atoms with Crippen LogP contribution in [0.15, 0.2) is 42.5 Å². The molecule has 1 heterocycles. The van der Waals surface area contributed by atoms with Crippen molar-refractivity contribution in [3.63, 3.8) is 0 Å². The highest BCUT2D eigenvalue weighted by molar-refractivity contribution is 5.89. The lowest BCUT2D eigenvalue weighted by Crippen LogP contribution is -2.46. The Balaban J connectivity index is 1.71. The van der Waals surface area contributed by atoms with Crippen molar-refractivity contribution in [3.05, 3.63) is 48.0 Å². The van der Waals surface area contributed by atoms with Gasteiger partial charge in [-0.1, -0.05) is 24.3 Å². The molecule has 1 aromatic rings. The lowest BCUT2D eigenvalue weighted by Gasteiger charge is -2.30. The van der Waals surface area contributed by atoms with E-state index in [-0.39, 0.29) is 6.10 Å². The van der Waals surface area contributed by atoms with Crippen molar-refractivity contribution in [1.82, 2.24) is 0 Å². The topological polar surface area (TPSA) is 65.0 Å². The molecule has 0 radical (unpaired) electrons. The second-order valence-corrected chi connectivity index (χ2v) is 5.68. The van der Waals surface area contributed by atoms with Crippen molar-refractivity contribution in [2.75, 3.05) is 0 Å². The lowest BCUT2D eigenvalue weighted by molar-refractivity contribution is -0.158. The van der Waals surface area contributed by atoms with E-state index in [4.69, 9.17) is 14.2 Å². The van der Waals surface area contributed by atoms with Gasteiger partial charge < -0.3 is 19.3 Å². The van der Waals surface area contributed by atoms with Gasteiger partial charge in [-0.05, 0) is 32.1 Å². The van der Waals surface area contributed by atoms with Gasteiger partial charge in [-0.3, -0.25) is 0 Å². The number of ether oxygens (including phenoxy) is 3. The van der Waals surface area contributed by atoms with Crippen LogP contribution in [-0.4, -0.2) is 41.3 Å². The molecule has 4 atom stereocenters. The molecule has 1 saturated heterocycles. The smallest absolute Gasteiger partial charge is 0.338 e. The number of hydrogen-bond acceptors (Lipinski definition) is 5. The number of rotatable bonds is 2. The van der Waals surface area contributed by atoms with E-state index >= 15 is 0 Å². The van der Waals surface area contributed by atoms with Crippen LogP contribution in [0.25, 0.3) is 0 Å². The van der Waals surface area contributed by atoms with Crippen LogP contribution in [-0.2, 0) is 14.2 Å². The van der Waals surface area contributed by atoms with Crippen molar-refractivity contribution in [2.45, 2.75) is 44.1 Å². The lowest BCUT2D eigenvalue weighted by atomic mass is 9.96. The molecule has 0 amide bonds. The summed E-state index contributed by atoms with van der Waals surface area (Å²) in [6.07, 6.45) is 0.887. The number of carbonyl (C=O) groups excluding carboxylic acids is 1. The fourth-order valence-electron chi connectivity index (χ4n) is 2.62. The van der Waals surface area contributed by atoms with Crippen molar-refractivity contribution in [2.24, 2.45) is 0 Å². The summed E-state index contributed by atoms with van der Waals surface area (Å²) >= 11 is 0. The normalized spacial score (nSPS) is 33.5. The molecule has 112 valence electrons. The summed E-state index contributed by atoms with van der Waals surface area (Å²) in [6.45, 7) is 3.58. The molecule has 0 aromatic heterocycles. The molecular weight excluding hydrogens is 272 g/mol. The number of esters is 1. The molecule has 1 aliphatic heterocycles. The monoisotopic (exact) mass is 290 g/mol. The molecule has 0 bridgehead atoms. The van der Waals surface area contributed by atoms with Crippen LogP contribution in [0.5, 0.6) is 0 Å². The van der Waals surface area contributed by atoms with Gasteiger partial charge in [0, 0.05) is 0 Å². The number of benzene rings is 1. The first kappa shape index (κ1) is 14.3. The first-order valence-corrected chi connectivity index (χ1v) is 6.94. The molecular formula is C16H18O5. The summed E-state index contributed by atoms with van der Waals surface area (Å²) in [5.74, 6) is -1.22. The highest BCUT2D eigenvalue weighted by Crippen LogP contribution is 2.34. The van der Waals surface area contributed by atoms with Crippen molar-refractivity contribution >= 4 is 5.97 Å². The van der Waals surface area contributed by atoms with E-state index < -0.39 is 30.1 Å². The van der Waals surface area contributed by atoms with Crippen LogP contribution < -0.4 is 0 Å². The Morgan fingerprint density at radius 3 is 2.62 bits per heavy atom. The molecule has 2 aliphatic rings. The van der Waals surface area contributed by atoms with E-state index in [1.54, 1.807) is 50.3 Å². The largest absolute Gasteiger partial charge is 0.452 e. The Hall–Kier alpha value is -1.69. The average Bonchev–Trinajstić information content (AvgIpc) is 2.78. The van der Waals surface area contributed by atoms with Crippen molar-refractivity contribution in [1.29, 1.82) is 0 Å². The summed E-state index contributed by atoms with van der Waals surface area (Å²) in [4.78, 5) is 12.0. The number of aliphatic hydroxyl groups is 1. The molecule has 0 spiro atoms. The van der Waals surface area contributed by atoms with Crippen LogP contribution in [0.3, 0.4) is 0 Å². The van der Waals surface area contributed by atoms with Gasteiger partial charge in [-0.2, -0.15) is 0 Å². The Kier molecular flexibility index (Phi) is 3.57. The molecule has 21 heavy (non-hydrogen) atoms. The standard InChI is InChI=1S/C16H18O5/c1-16(2)20-12-9-8-11(13(17)14(12)21-16)19-15(18)10-6-4-3-5-7-10/h3-9,11-14,17H,1-2H3/t11-,12-,13-,14-/m1/s1. The maximum Gasteiger partial charge on any atom is 0.338 e. The maximum absolute atomic E-state index is 12.0. The number of carbonyl (C=O) groups is 1. The van der Waals surface area contributed by atoms with Gasteiger partial charge in [-0.15, -0.1) is 0 Å². The highest BCUT2D eigenvalue weighted by atomic mass is 16.8. The summed E-state index contributed by atoms with van der Waals surface area (Å²) in [5.41, 5.74) is 0.448. The SMILES string of the molecule is CC1(C)O[C@H]2[C@H](O)[C@H](OC(=O)c3ccccc3)C=C[C@H]2O1. The molecule has 5 heteroatoms. The number of fused-ring (bicyclic) bond motifs is 1. The van der Waals surface area contributed by atoms with E-state index in [1.165, 1.54) is 0 Å². The maximum atomic E-state index is 12.0. The quantitative estimate of drug-likeness (QED) is 0.663. The zero-order chi connectivity index (χ0) is 15.0. The fourth-order valence-corrected chi connectivity index (χ4v) is 2.62. The third-order valence-electron chi connectivity index (χ3n) is 3.58. The Morgan fingerprint density at radius 2 is 1.90 bits per heavy atom. The Morgan fingerprint density at radius 1 is 1.19 bits per heavy atom. The molecule has 0 unspecified atom stereocenters. The van der Waals surface area contributed by atoms with Gasteiger partial charge >= 0.3 is 5.97 Å². The van der Waals surface area contributed by atoms with Gasteiger partial charge in [0.05, 0.1) is 5.56 Å². The van der Waals surface area contributed by atoms with Crippen LogP contribution in [0.2, 0.25) is 0 Å². The molecule has 1 fully saturated rings. The van der Waals surface area contributed by atoms with Crippen LogP contribution in [0.4, 0.5) is 0 Å². The predicted molar refractivity (Wildman–Crippen MR) is 74.6 cm³/mol.